The first kappa shape index (κ1) is 15.8. The number of benzene rings is 2. The van der Waals surface area contributed by atoms with Crippen LogP contribution in [0.1, 0.15) is 15.9 Å². The van der Waals surface area contributed by atoms with E-state index in [4.69, 9.17) is 9.47 Å². The van der Waals surface area contributed by atoms with E-state index >= 15 is 0 Å². The minimum absolute atomic E-state index is 0.0361. The summed E-state index contributed by atoms with van der Waals surface area (Å²) in [5.41, 5.74) is 5.13. The van der Waals surface area contributed by atoms with Gasteiger partial charge in [-0.25, -0.2) is 4.39 Å². The number of rotatable bonds is 2. The van der Waals surface area contributed by atoms with Crippen LogP contribution in [0.15, 0.2) is 42.5 Å². The van der Waals surface area contributed by atoms with Gasteiger partial charge in [0, 0.05) is 5.56 Å². The van der Waals surface area contributed by atoms with E-state index < -0.39 is 23.7 Å². The van der Waals surface area contributed by atoms with Crippen LogP contribution in [0.2, 0.25) is 0 Å². The number of carbonyl (C=O) groups is 2. The second-order valence-corrected chi connectivity index (χ2v) is 5.27. The fourth-order valence-corrected chi connectivity index (χ4v) is 2.21. The van der Waals surface area contributed by atoms with Crippen LogP contribution < -0.4 is 20.3 Å². The molecular formula is C17H15FN2O4. The highest BCUT2D eigenvalue weighted by Gasteiger charge is 2.27. The van der Waals surface area contributed by atoms with Crippen LogP contribution in [0.5, 0.6) is 11.5 Å². The van der Waals surface area contributed by atoms with Gasteiger partial charge in [-0.05, 0) is 42.8 Å². The molecule has 0 fully saturated rings. The highest BCUT2D eigenvalue weighted by atomic mass is 19.1. The van der Waals surface area contributed by atoms with Gasteiger partial charge >= 0.3 is 0 Å². The number of hydrogen-bond acceptors (Lipinski definition) is 4. The third kappa shape index (κ3) is 3.29. The minimum Gasteiger partial charge on any atom is -0.485 e. The first-order chi connectivity index (χ1) is 11.5. The van der Waals surface area contributed by atoms with E-state index in [0.717, 1.165) is 0 Å². The van der Waals surface area contributed by atoms with Crippen LogP contribution in [0.25, 0.3) is 0 Å². The number of nitrogens with one attached hydrogen (secondary N) is 2. The molecule has 0 aromatic heterocycles. The van der Waals surface area contributed by atoms with E-state index in [-0.39, 0.29) is 12.2 Å². The van der Waals surface area contributed by atoms with Crippen LogP contribution in [0.4, 0.5) is 4.39 Å². The molecular weight excluding hydrogens is 315 g/mol. The molecule has 0 saturated heterocycles. The van der Waals surface area contributed by atoms with Crippen molar-refractivity contribution < 1.29 is 23.5 Å². The molecule has 3 rings (SSSR count). The summed E-state index contributed by atoms with van der Waals surface area (Å²) in [6.45, 7) is 1.59. The van der Waals surface area contributed by atoms with Crippen molar-refractivity contribution >= 4 is 11.8 Å². The Morgan fingerprint density at radius 2 is 1.88 bits per heavy atom. The van der Waals surface area contributed by atoms with Crippen molar-refractivity contribution in [2.75, 3.05) is 6.61 Å². The van der Waals surface area contributed by atoms with E-state index in [1.807, 2.05) is 0 Å². The number of aryl methyl sites for hydroxylation is 1. The van der Waals surface area contributed by atoms with Crippen molar-refractivity contribution in [2.45, 2.75) is 13.0 Å². The number of fused-ring (bicyclic) bond motifs is 1. The summed E-state index contributed by atoms with van der Waals surface area (Å²) in [7, 11) is 0. The van der Waals surface area contributed by atoms with E-state index in [1.54, 1.807) is 31.2 Å². The van der Waals surface area contributed by atoms with Gasteiger partial charge in [-0.2, -0.15) is 0 Å². The molecule has 0 spiro atoms. The zero-order valence-electron chi connectivity index (χ0n) is 12.8. The van der Waals surface area contributed by atoms with Crippen LogP contribution in [0, 0.1) is 12.7 Å². The molecule has 0 radical (unpaired) electrons. The van der Waals surface area contributed by atoms with E-state index in [2.05, 4.69) is 10.9 Å². The molecule has 0 aliphatic carbocycles. The number of hydrazine groups is 1. The largest absolute Gasteiger partial charge is 0.485 e. The maximum absolute atomic E-state index is 13.2. The first-order valence-corrected chi connectivity index (χ1v) is 7.29. The van der Waals surface area contributed by atoms with Gasteiger partial charge in [-0.1, -0.05) is 12.1 Å². The van der Waals surface area contributed by atoms with Crippen LogP contribution >= 0.6 is 0 Å². The molecule has 0 bridgehead atoms. The van der Waals surface area contributed by atoms with Gasteiger partial charge in [0.25, 0.3) is 11.8 Å². The Morgan fingerprint density at radius 1 is 1.12 bits per heavy atom. The second-order valence-electron chi connectivity index (χ2n) is 5.27. The maximum Gasteiger partial charge on any atom is 0.283 e. The maximum atomic E-state index is 13.2. The van der Waals surface area contributed by atoms with Crippen LogP contribution in [-0.4, -0.2) is 24.5 Å². The number of carbonyl (C=O) groups excluding carboxylic acids is 2. The summed E-state index contributed by atoms with van der Waals surface area (Å²) >= 11 is 0. The molecule has 2 aromatic rings. The fraction of sp³-hybridized carbons (Fsp3) is 0.176. The number of amides is 2. The Hall–Kier alpha value is -3.09. The topological polar surface area (TPSA) is 76.7 Å². The van der Waals surface area contributed by atoms with Crippen molar-refractivity contribution in [3.05, 3.63) is 59.4 Å². The summed E-state index contributed by atoms with van der Waals surface area (Å²) in [6, 6.07) is 10.9. The molecule has 1 unspecified atom stereocenters. The lowest BCUT2D eigenvalue weighted by Gasteiger charge is -2.25. The normalized spacial score (nSPS) is 15.5. The van der Waals surface area contributed by atoms with E-state index in [0.29, 0.717) is 17.1 Å². The number of hydrogen-bond donors (Lipinski definition) is 2. The lowest BCUT2D eigenvalue weighted by atomic mass is 10.1. The first-order valence-electron chi connectivity index (χ1n) is 7.29. The molecule has 7 heteroatoms. The van der Waals surface area contributed by atoms with Crippen molar-refractivity contribution in [2.24, 2.45) is 0 Å². The molecule has 2 aromatic carbocycles. The number of ether oxygens (including phenoxy) is 2. The Balaban J connectivity index is 1.58. The molecule has 2 amide bonds. The van der Waals surface area contributed by atoms with Gasteiger partial charge in [0.1, 0.15) is 12.4 Å². The fourth-order valence-electron chi connectivity index (χ4n) is 2.21. The monoisotopic (exact) mass is 330 g/mol. The summed E-state index contributed by atoms with van der Waals surface area (Å²) < 4.78 is 24.2. The predicted octanol–water partition coefficient (Wildman–Crippen LogP) is 1.74. The smallest absolute Gasteiger partial charge is 0.283 e. The molecule has 1 aliphatic rings. The molecule has 1 atom stereocenters. The zero-order chi connectivity index (χ0) is 17.1. The van der Waals surface area contributed by atoms with Gasteiger partial charge in [0.15, 0.2) is 11.5 Å². The van der Waals surface area contributed by atoms with Gasteiger partial charge in [-0.3, -0.25) is 20.4 Å². The molecule has 6 nitrogen and oxygen atoms in total. The van der Waals surface area contributed by atoms with Gasteiger partial charge < -0.3 is 9.47 Å². The van der Waals surface area contributed by atoms with Crippen molar-refractivity contribution in [1.29, 1.82) is 0 Å². The molecule has 1 heterocycles. The SMILES string of the molecule is Cc1cc(C(=O)NNC(=O)C2COc3ccccc3O2)ccc1F. The molecule has 24 heavy (non-hydrogen) atoms. The summed E-state index contributed by atoms with van der Waals surface area (Å²) in [5.74, 6) is -0.473. The molecule has 0 saturated carbocycles. The minimum atomic E-state index is -0.879. The third-order valence-corrected chi connectivity index (χ3v) is 3.52. The van der Waals surface area contributed by atoms with Crippen molar-refractivity contribution in [3.63, 3.8) is 0 Å². The lowest BCUT2D eigenvalue weighted by Crippen LogP contribution is -2.50. The summed E-state index contributed by atoms with van der Waals surface area (Å²) in [6.07, 6.45) is -0.879. The van der Waals surface area contributed by atoms with Crippen LogP contribution in [0.3, 0.4) is 0 Å². The predicted molar refractivity (Wildman–Crippen MR) is 83.1 cm³/mol. The molecule has 2 N–H and O–H groups in total. The third-order valence-electron chi connectivity index (χ3n) is 3.52. The zero-order valence-corrected chi connectivity index (χ0v) is 12.8. The Kier molecular flexibility index (Phi) is 4.33. The summed E-state index contributed by atoms with van der Waals surface area (Å²) in [5, 5.41) is 0. The van der Waals surface area contributed by atoms with E-state index in [1.165, 1.54) is 18.2 Å². The van der Waals surface area contributed by atoms with Gasteiger partial charge in [0.2, 0.25) is 6.10 Å². The quantitative estimate of drug-likeness (QED) is 0.822. The number of para-hydroxylation sites is 2. The van der Waals surface area contributed by atoms with Crippen LogP contribution in [-0.2, 0) is 4.79 Å². The highest BCUT2D eigenvalue weighted by Crippen LogP contribution is 2.30. The number of halogens is 1. The average molecular weight is 330 g/mol. The highest BCUT2D eigenvalue weighted by molar-refractivity contribution is 5.96. The Bertz CT molecular complexity index is 794. The summed E-state index contributed by atoms with van der Waals surface area (Å²) in [4.78, 5) is 24.0. The standard InChI is InChI=1S/C17H15FN2O4/c1-10-8-11(6-7-12(10)18)16(21)19-20-17(22)15-9-23-13-4-2-3-5-14(13)24-15/h2-8,15H,9H2,1H3,(H,19,21)(H,20,22). The molecule has 124 valence electrons. The van der Waals surface area contributed by atoms with Crippen molar-refractivity contribution in [3.8, 4) is 11.5 Å². The van der Waals surface area contributed by atoms with Crippen molar-refractivity contribution in [1.82, 2.24) is 10.9 Å². The lowest BCUT2D eigenvalue weighted by molar-refractivity contribution is -0.131. The van der Waals surface area contributed by atoms with E-state index in [9.17, 15) is 14.0 Å². The Morgan fingerprint density at radius 3 is 2.62 bits per heavy atom. The van der Waals surface area contributed by atoms with Gasteiger partial charge in [0.05, 0.1) is 0 Å². The second kappa shape index (κ2) is 6.57. The average Bonchev–Trinajstić information content (AvgIpc) is 2.61. The molecule has 1 aliphatic heterocycles. The van der Waals surface area contributed by atoms with Gasteiger partial charge in [-0.15, -0.1) is 0 Å². The Labute approximate surface area is 137 Å².